The molecule has 3 aliphatic carbocycles. The molecule has 3 saturated carbocycles. The minimum absolute atomic E-state index is 0.363. The van der Waals surface area contributed by atoms with Crippen LogP contribution in [-0.4, -0.2) is 15.5 Å². The SMILES string of the molecule is Clc1cc(NC23CC(C2)C3)ncn1. The molecule has 1 heterocycles. The second kappa shape index (κ2) is 2.35. The molecule has 13 heavy (non-hydrogen) atoms. The molecule has 68 valence electrons. The molecule has 0 spiro atoms. The summed E-state index contributed by atoms with van der Waals surface area (Å²) in [5, 5.41) is 3.93. The highest BCUT2D eigenvalue weighted by atomic mass is 35.5. The van der Waals surface area contributed by atoms with Crippen molar-refractivity contribution in [3.8, 4) is 0 Å². The van der Waals surface area contributed by atoms with Crippen molar-refractivity contribution >= 4 is 17.4 Å². The van der Waals surface area contributed by atoms with Crippen LogP contribution >= 0.6 is 11.6 Å². The summed E-state index contributed by atoms with van der Waals surface area (Å²) in [5.41, 5.74) is 0.363. The van der Waals surface area contributed by atoms with Gasteiger partial charge in [0.15, 0.2) is 0 Å². The van der Waals surface area contributed by atoms with Crippen LogP contribution < -0.4 is 5.32 Å². The average molecular weight is 196 g/mol. The lowest BCUT2D eigenvalue weighted by Crippen LogP contribution is -2.63. The summed E-state index contributed by atoms with van der Waals surface area (Å²) in [7, 11) is 0. The van der Waals surface area contributed by atoms with Gasteiger partial charge in [0.25, 0.3) is 0 Å². The van der Waals surface area contributed by atoms with E-state index in [1.54, 1.807) is 6.07 Å². The van der Waals surface area contributed by atoms with E-state index in [9.17, 15) is 0 Å². The maximum atomic E-state index is 5.76. The number of hydrogen-bond acceptors (Lipinski definition) is 3. The minimum Gasteiger partial charge on any atom is -0.364 e. The van der Waals surface area contributed by atoms with Crippen molar-refractivity contribution in [2.75, 3.05) is 5.32 Å². The largest absolute Gasteiger partial charge is 0.364 e. The van der Waals surface area contributed by atoms with E-state index < -0.39 is 0 Å². The van der Waals surface area contributed by atoms with E-state index >= 15 is 0 Å². The number of rotatable bonds is 2. The van der Waals surface area contributed by atoms with Crippen LogP contribution in [0.15, 0.2) is 12.4 Å². The average Bonchev–Trinajstić information content (AvgIpc) is 1.95. The highest BCUT2D eigenvalue weighted by molar-refractivity contribution is 6.29. The van der Waals surface area contributed by atoms with E-state index in [0.717, 1.165) is 11.7 Å². The standard InChI is InChI=1S/C9H10ClN3/c10-7-1-8(12-5-11-7)13-9-2-6(3-9)4-9/h1,5-6H,2-4H2,(H,11,12,13). The van der Waals surface area contributed by atoms with Gasteiger partial charge in [-0.3, -0.25) is 0 Å². The van der Waals surface area contributed by atoms with E-state index in [1.807, 2.05) is 0 Å². The predicted octanol–water partition coefficient (Wildman–Crippen LogP) is 2.09. The molecule has 1 N–H and O–H groups in total. The Hall–Kier alpha value is -0.830. The molecule has 0 atom stereocenters. The topological polar surface area (TPSA) is 37.8 Å². The van der Waals surface area contributed by atoms with Crippen LogP contribution in [0.5, 0.6) is 0 Å². The summed E-state index contributed by atoms with van der Waals surface area (Å²) >= 11 is 5.76. The van der Waals surface area contributed by atoms with Gasteiger partial charge < -0.3 is 5.32 Å². The fourth-order valence-corrected chi connectivity index (χ4v) is 2.45. The quantitative estimate of drug-likeness (QED) is 0.735. The van der Waals surface area contributed by atoms with Crippen LogP contribution in [0, 0.1) is 5.92 Å². The highest BCUT2D eigenvalue weighted by Crippen LogP contribution is 2.58. The second-order valence-electron chi connectivity index (χ2n) is 4.11. The number of halogens is 1. The summed E-state index contributed by atoms with van der Waals surface area (Å²) in [5.74, 6) is 1.84. The predicted molar refractivity (Wildman–Crippen MR) is 50.7 cm³/mol. The second-order valence-corrected chi connectivity index (χ2v) is 4.50. The van der Waals surface area contributed by atoms with Crippen LogP contribution in [0.25, 0.3) is 0 Å². The van der Waals surface area contributed by atoms with Crippen molar-refractivity contribution in [1.82, 2.24) is 9.97 Å². The number of nitrogens with one attached hydrogen (secondary N) is 1. The summed E-state index contributed by atoms with van der Waals surface area (Å²) in [6, 6.07) is 1.78. The number of aromatic nitrogens is 2. The molecule has 3 fully saturated rings. The molecule has 2 bridgehead atoms. The zero-order valence-corrected chi connectivity index (χ0v) is 7.88. The normalized spacial score (nSPS) is 34.7. The molecule has 1 aromatic heterocycles. The van der Waals surface area contributed by atoms with Gasteiger partial charge in [-0.15, -0.1) is 0 Å². The summed E-state index contributed by atoms with van der Waals surface area (Å²) in [6.45, 7) is 0. The molecule has 0 aromatic carbocycles. The van der Waals surface area contributed by atoms with Crippen LogP contribution in [-0.2, 0) is 0 Å². The molecule has 0 aliphatic heterocycles. The number of hydrogen-bond donors (Lipinski definition) is 1. The summed E-state index contributed by atoms with van der Waals surface area (Å²) in [6.07, 6.45) is 5.40. The van der Waals surface area contributed by atoms with Crippen LogP contribution in [0.4, 0.5) is 5.82 Å². The highest BCUT2D eigenvalue weighted by Gasteiger charge is 2.56. The first-order valence-corrected chi connectivity index (χ1v) is 4.89. The third-order valence-electron chi connectivity index (χ3n) is 3.07. The lowest BCUT2D eigenvalue weighted by molar-refractivity contribution is 0.00180. The van der Waals surface area contributed by atoms with Gasteiger partial charge in [-0.2, -0.15) is 0 Å². The Labute approximate surface area is 81.5 Å². The van der Waals surface area contributed by atoms with Crippen LogP contribution in [0.3, 0.4) is 0 Å². The lowest BCUT2D eigenvalue weighted by atomic mass is 9.50. The Balaban J connectivity index is 1.78. The smallest absolute Gasteiger partial charge is 0.134 e. The van der Waals surface area contributed by atoms with Gasteiger partial charge in [0.1, 0.15) is 17.3 Å². The van der Waals surface area contributed by atoms with Crippen LogP contribution in [0.1, 0.15) is 19.3 Å². The molecular weight excluding hydrogens is 186 g/mol. The van der Waals surface area contributed by atoms with Gasteiger partial charge in [-0.25, -0.2) is 9.97 Å². The van der Waals surface area contributed by atoms with Gasteiger partial charge in [0, 0.05) is 11.6 Å². The first kappa shape index (κ1) is 7.56. The Morgan fingerprint density at radius 3 is 2.69 bits per heavy atom. The van der Waals surface area contributed by atoms with Gasteiger partial charge in [-0.1, -0.05) is 11.6 Å². The molecule has 0 amide bonds. The third-order valence-corrected chi connectivity index (χ3v) is 3.27. The maximum absolute atomic E-state index is 5.76. The van der Waals surface area contributed by atoms with E-state index in [1.165, 1.54) is 25.6 Å². The van der Waals surface area contributed by atoms with E-state index in [2.05, 4.69) is 15.3 Å². The minimum atomic E-state index is 0.363. The van der Waals surface area contributed by atoms with E-state index in [4.69, 9.17) is 11.6 Å². The van der Waals surface area contributed by atoms with Crippen LogP contribution in [0.2, 0.25) is 5.15 Å². The molecule has 4 rings (SSSR count). The molecule has 0 saturated heterocycles. The molecular formula is C9H10ClN3. The Morgan fingerprint density at radius 2 is 2.15 bits per heavy atom. The van der Waals surface area contributed by atoms with Crippen molar-refractivity contribution < 1.29 is 0 Å². The Bertz CT molecular complexity index is 335. The van der Waals surface area contributed by atoms with Crippen molar-refractivity contribution in [2.24, 2.45) is 5.92 Å². The maximum Gasteiger partial charge on any atom is 0.134 e. The molecule has 1 aromatic rings. The lowest BCUT2D eigenvalue weighted by Gasteiger charge is -2.62. The summed E-state index contributed by atoms with van der Waals surface area (Å²) < 4.78 is 0. The first-order chi connectivity index (χ1) is 6.26. The zero-order valence-electron chi connectivity index (χ0n) is 7.13. The molecule has 3 aliphatic rings. The fourth-order valence-electron chi connectivity index (χ4n) is 2.31. The van der Waals surface area contributed by atoms with E-state index in [0.29, 0.717) is 10.7 Å². The number of anilines is 1. The van der Waals surface area contributed by atoms with Gasteiger partial charge in [0.2, 0.25) is 0 Å². The van der Waals surface area contributed by atoms with Crippen molar-refractivity contribution in [3.05, 3.63) is 17.5 Å². The monoisotopic (exact) mass is 195 g/mol. The fraction of sp³-hybridized carbons (Fsp3) is 0.556. The molecule has 0 radical (unpaired) electrons. The Kier molecular flexibility index (Phi) is 1.37. The van der Waals surface area contributed by atoms with Gasteiger partial charge in [-0.05, 0) is 25.2 Å². The Morgan fingerprint density at radius 1 is 1.38 bits per heavy atom. The van der Waals surface area contributed by atoms with Gasteiger partial charge >= 0.3 is 0 Å². The van der Waals surface area contributed by atoms with Crippen molar-refractivity contribution in [1.29, 1.82) is 0 Å². The van der Waals surface area contributed by atoms with Gasteiger partial charge in [0.05, 0.1) is 0 Å². The molecule has 4 heteroatoms. The van der Waals surface area contributed by atoms with Crippen molar-refractivity contribution in [2.45, 2.75) is 24.8 Å². The van der Waals surface area contributed by atoms with Crippen molar-refractivity contribution in [3.63, 3.8) is 0 Å². The first-order valence-electron chi connectivity index (χ1n) is 4.52. The third kappa shape index (κ3) is 1.10. The molecule has 0 unspecified atom stereocenters. The number of nitrogens with zero attached hydrogens (tertiary/aromatic N) is 2. The molecule has 3 nitrogen and oxygen atoms in total. The van der Waals surface area contributed by atoms with E-state index in [-0.39, 0.29) is 0 Å². The zero-order chi connectivity index (χ0) is 8.89. The summed E-state index contributed by atoms with van der Waals surface area (Å²) in [4.78, 5) is 7.97.